The molecule has 0 aliphatic carbocycles. The van der Waals surface area contributed by atoms with Gasteiger partial charge in [-0.25, -0.2) is 14.4 Å². The number of rotatable bonds is 1. The summed E-state index contributed by atoms with van der Waals surface area (Å²) in [6.07, 6.45) is 0. The standard InChI is InChI=1S/C13H12ClFN2/c1-7-4-5-10(15)6-11(7)12-13(14)17-9(3)8(2)16-12/h4-6H,1-3H3. The fourth-order valence-electron chi connectivity index (χ4n) is 1.60. The lowest BCUT2D eigenvalue weighted by atomic mass is 10.1. The van der Waals surface area contributed by atoms with Gasteiger partial charge in [0.15, 0.2) is 5.15 Å². The number of nitrogens with zero attached hydrogens (tertiary/aromatic N) is 2. The van der Waals surface area contributed by atoms with Crippen molar-refractivity contribution < 1.29 is 4.39 Å². The summed E-state index contributed by atoms with van der Waals surface area (Å²) in [4.78, 5) is 8.58. The SMILES string of the molecule is Cc1ccc(F)cc1-c1nc(C)c(C)nc1Cl. The van der Waals surface area contributed by atoms with Crippen LogP contribution in [0.1, 0.15) is 17.0 Å². The first-order chi connectivity index (χ1) is 7.99. The van der Waals surface area contributed by atoms with Gasteiger partial charge in [0, 0.05) is 5.56 Å². The largest absolute Gasteiger partial charge is 0.248 e. The molecule has 0 fully saturated rings. The van der Waals surface area contributed by atoms with Gasteiger partial charge in [0.1, 0.15) is 11.5 Å². The Morgan fingerprint density at radius 3 is 2.41 bits per heavy atom. The van der Waals surface area contributed by atoms with Gasteiger partial charge in [0.2, 0.25) is 0 Å². The molecule has 2 aromatic rings. The molecule has 4 heteroatoms. The van der Waals surface area contributed by atoms with Crippen LogP contribution in [0.2, 0.25) is 5.15 Å². The summed E-state index contributed by atoms with van der Waals surface area (Å²) < 4.78 is 13.3. The van der Waals surface area contributed by atoms with Crippen molar-refractivity contribution in [1.82, 2.24) is 9.97 Å². The molecule has 1 heterocycles. The lowest BCUT2D eigenvalue weighted by Crippen LogP contribution is -1.98. The molecule has 0 radical (unpaired) electrons. The molecule has 1 aromatic heterocycles. The monoisotopic (exact) mass is 250 g/mol. The smallest absolute Gasteiger partial charge is 0.155 e. The Balaban J connectivity index is 2.68. The Bertz CT molecular complexity index is 582. The molecule has 0 saturated heterocycles. The first-order valence-corrected chi connectivity index (χ1v) is 5.64. The third kappa shape index (κ3) is 2.29. The van der Waals surface area contributed by atoms with E-state index in [4.69, 9.17) is 11.6 Å². The molecule has 0 N–H and O–H groups in total. The van der Waals surface area contributed by atoms with Gasteiger partial charge in [-0.05, 0) is 38.5 Å². The summed E-state index contributed by atoms with van der Waals surface area (Å²) in [6.45, 7) is 5.59. The summed E-state index contributed by atoms with van der Waals surface area (Å²) in [5.41, 5.74) is 3.73. The molecule has 0 aliphatic heterocycles. The highest BCUT2D eigenvalue weighted by Crippen LogP contribution is 2.28. The van der Waals surface area contributed by atoms with Crippen LogP contribution in [0.15, 0.2) is 18.2 Å². The van der Waals surface area contributed by atoms with Gasteiger partial charge in [-0.3, -0.25) is 0 Å². The van der Waals surface area contributed by atoms with E-state index in [0.717, 1.165) is 17.0 Å². The van der Waals surface area contributed by atoms with E-state index in [1.54, 1.807) is 6.07 Å². The van der Waals surface area contributed by atoms with Gasteiger partial charge in [-0.1, -0.05) is 17.7 Å². The average Bonchev–Trinajstić information content (AvgIpc) is 2.27. The van der Waals surface area contributed by atoms with Gasteiger partial charge in [0.25, 0.3) is 0 Å². The topological polar surface area (TPSA) is 25.8 Å². The molecule has 2 rings (SSSR count). The van der Waals surface area contributed by atoms with Gasteiger partial charge in [-0.15, -0.1) is 0 Å². The molecule has 2 nitrogen and oxygen atoms in total. The van der Waals surface area contributed by atoms with E-state index in [-0.39, 0.29) is 5.82 Å². The lowest BCUT2D eigenvalue weighted by Gasteiger charge is -2.09. The van der Waals surface area contributed by atoms with Crippen LogP contribution >= 0.6 is 11.6 Å². The highest BCUT2D eigenvalue weighted by Gasteiger charge is 2.12. The zero-order valence-corrected chi connectivity index (χ0v) is 10.6. The predicted octanol–water partition coefficient (Wildman–Crippen LogP) is 3.86. The summed E-state index contributed by atoms with van der Waals surface area (Å²) in [7, 11) is 0. The van der Waals surface area contributed by atoms with Crippen molar-refractivity contribution >= 4 is 11.6 Å². The zero-order valence-electron chi connectivity index (χ0n) is 9.88. The molecule has 17 heavy (non-hydrogen) atoms. The Morgan fingerprint density at radius 2 is 1.71 bits per heavy atom. The minimum absolute atomic E-state index is 0.304. The van der Waals surface area contributed by atoms with Crippen molar-refractivity contribution in [3.8, 4) is 11.3 Å². The summed E-state index contributed by atoms with van der Waals surface area (Å²) >= 11 is 6.06. The van der Waals surface area contributed by atoms with Crippen molar-refractivity contribution in [1.29, 1.82) is 0 Å². The molecule has 0 aliphatic rings. The Hall–Kier alpha value is -1.48. The van der Waals surface area contributed by atoms with E-state index in [1.165, 1.54) is 12.1 Å². The maximum absolute atomic E-state index is 13.3. The summed E-state index contributed by atoms with van der Waals surface area (Å²) in [5.74, 6) is -0.304. The van der Waals surface area contributed by atoms with E-state index < -0.39 is 0 Å². The maximum atomic E-state index is 13.3. The highest BCUT2D eigenvalue weighted by molar-refractivity contribution is 6.31. The number of hydrogen-bond donors (Lipinski definition) is 0. The molecule has 0 atom stereocenters. The zero-order chi connectivity index (χ0) is 12.6. The summed E-state index contributed by atoms with van der Waals surface area (Å²) in [5, 5.41) is 0.307. The van der Waals surface area contributed by atoms with Gasteiger partial charge >= 0.3 is 0 Å². The van der Waals surface area contributed by atoms with Crippen LogP contribution in [0.3, 0.4) is 0 Å². The van der Waals surface area contributed by atoms with Crippen LogP contribution in [0.25, 0.3) is 11.3 Å². The number of aromatic nitrogens is 2. The lowest BCUT2D eigenvalue weighted by molar-refractivity contribution is 0.628. The van der Waals surface area contributed by atoms with Crippen LogP contribution in [0.4, 0.5) is 4.39 Å². The number of aryl methyl sites for hydroxylation is 3. The Labute approximate surface area is 104 Å². The van der Waals surface area contributed by atoms with Gasteiger partial charge < -0.3 is 0 Å². The van der Waals surface area contributed by atoms with Crippen molar-refractivity contribution in [2.75, 3.05) is 0 Å². The van der Waals surface area contributed by atoms with E-state index in [2.05, 4.69) is 9.97 Å². The molecule has 0 saturated carbocycles. The Morgan fingerprint density at radius 1 is 1.06 bits per heavy atom. The molecular formula is C13H12ClFN2. The quantitative estimate of drug-likeness (QED) is 0.768. The van der Waals surface area contributed by atoms with E-state index in [1.807, 2.05) is 20.8 Å². The highest BCUT2D eigenvalue weighted by atomic mass is 35.5. The molecule has 0 spiro atoms. The third-order valence-corrected chi connectivity index (χ3v) is 2.98. The van der Waals surface area contributed by atoms with Gasteiger partial charge in [0.05, 0.1) is 11.4 Å². The predicted molar refractivity (Wildman–Crippen MR) is 66.6 cm³/mol. The molecular weight excluding hydrogens is 239 g/mol. The minimum Gasteiger partial charge on any atom is -0.248 e. The maximum Gasteiger partial charge on any atom is 0.155 e. The van der Waals surface area contributed by atoms with Crippen LogP contribution in [-0.2, 0) is 0 Å². The van der Waals surface area contributed by atoms with Crippen molar-refractivity contribution in [3.05, 3.63) is 46.1 Å². The fraction of sp³-hybridized carbons (Fsp3) is 0.231. The first kappa shape index (κ1) is 12.0. The second-order valence-electron chi connectivity index (χ2n) is 3.99. The molecule has 1 aromatic carbocycles. The van der Waals surface area contributed by atoms with Crippen LogP contribution in [0, 0.1) is 26.6 Å². The molecule has 0 amide bonds. The van der Waals surface area contributed by atoms with E-state index in [9.17, 15) is 4.39 Å². The van der Waals surface area contributed by atoms with Crippen LogP contribution in [-0.4, -0.2) is 9.97 Å². The fourth-order valence-corrected chi connectivity index (χ4v) is 1.87. The second kappa shape index (κ2) is 4.41. The van der Waals surface area contributed by atoms with Crippen molar-refractivity contribution in [2.45, 2.75) is 20.8 Å². The minimum atomic E-state index is -0.304. The number of halogens is 2. The number of hydrogen-bond acceptors (Lipinski definition) is 2. The van der Waals surface area contributed by atoms with E-state index in [0.29, 0.717) is 16.4 Å². The molecule has 0 bridgehead atoms. The number of benzene rings is 1. The summed E-state index contributed by atoms with van der Waals surface area (Å²) in [6, 6.07) is 4.55. The average molecular weight is 251 g/mol. The van der Waals surface area contributed by atoms with Gasteiger partial charge in [-0.2, -0.15) is 0 Å². The van der Waals surface area contributed by atoms with Crippen molar-refractivity contribution in [2.24, 2.45) is 0 Å². The molecule has 0 unspecified atom stereocenters. The van der Waals surface area contributed by atoms with Crippen LogP contribution < -0.4 is 0 Å². The first-order valence-electron chi connectivity index (χ1n) is 5.26. The van der Waals surface area contributed by atoms with Crippen molar-refractivity contribution in [3.63, 3.8) is 0 Å². The Kier molecular flexibility index (Phi) is 3.11. The third-order valence-electron chi connectivity index (χ3n) is 2.72. The molecule has 88 valence electrons. The van der Waals surface area contributed by atoms with E-state index >= 15 is 0 Å². The second-order valence-corrected chi connectivity index (χ2v) is 4.35. The van der Waals surface area contributed by atoms with Crippen LogP contribution in [0.5, 0.6) is 0 Å². The normalized spacial score (nSPS) is 10.6.